The van der Waals surface area contributed by atoms with Crippen LogP contribution in [0.1, 0.15) is 35.7 Å². The van der Waals surface area contributed by atoms with E-state index in [4.69, 9.17) is 16.3 Å². The minimum atomic E-state index is -0.997. The molecule has 1 aliphatic rings. The molecule has 0 bridgehead atoms. The van der Waals surface area contributed by atoms with E-state index in [1.807, 2.05) is 13.0 Å². The summed E-state index contributed by atoms with van der Waals surface area (Å²) in [5.74, 6) is -0.997. The Labute approximate surface area is 138 Å². The first-order valence-electron chi connectivity index (χ1n) is 7.03. The standard InChI is InChI=1S/C15H19BrClNO3/c1-3-18(10-4-6-21-7-5-10)12-8-11(16)14(17)13(9(12)2)15(19)20/h8,10H,3-7H2,1-2H3,(H,19,20). The summed E-state index contributed by atoms with van der Waals surface area (Å²) in [6.07, 6.45) is 1.91. The van der Waals surface area contributed by atoms with E-state index in [1.54, 1.807) is 0 Å². The van der Waals surface area contributed by atoms with Crippen molar-refractivity contribution in [1.29, 1.82) is 0 Å². The van der Waals surface area contributed by atoms with Gasteiger partial charge in [-0.1, -0.05) is 11.6 Å². The molecular weight excluding hydrogens is 358 g/mol. The number of carboxylic acid groups (broad SMARTS) is 1. The summed E-state index contributed by atoms with van der Waals surface area (Å²) in [7, 11) is 0. The highest BCUT2D eigenvalue weighted by molar-refractivity contribution is 9.10. The molecule has 4 nitrogen and oxygen atoms in total. The average molecular weight is 377 g/mol. The van der Waals surface area contributed by atoms with E-state index >= 15 is 0 Å². The van der Waals surface area contributed by atoms with E-state index in [1.165, 1.54) is 0 Å². The number of benzene rings is 1. The van der Waals surface area contributed by atoms with Gasteiger partial charge < -0.3 is 14.7 Å². The molecule has 0 atom stereocenters. The van der Waals surface area contributed by atoms with Crippen LogP contribution in [0.5, 0.6) is 0 Å². The zero-order valence-corrected chi connectivity index (χ0v) is 14.5. The van der Waals surface area contributed by atoms with Crippen LogP contribution in [0.4, 0.5) is 5.69 Å². The number of ether oxygens (including phenoxy) is 1. The number of halogens is 2. The molecule has 2 rings (SSSR count). The van der Waals surface area contributed by atoms with Crippen molar-refractivity contribution >= 4 is 39.2 Å². The number of hydrogen-bond donors (Lipinski definition) is 1. The summed E-state index contributed by atoms with van der Waals surface area (Å²) in [4.78, 5) is 13.7. The fourth-order valence-electron chi connectivity index (χ4n) is 2.88. The lowest BCUT2D eigenvalue weighted by molar-refractivity contribution is 0.0696. The summed E-state index contributed by atoms with van der Waals surface area (Å²) in [5, 5.41) is 9.67. The van der Waals surface area contributed by atoms with Gasteiger partial charge in [-0.3, -0.25) is 0 Å². The van der Waals surface area contributed by atoms with Gasteiger partial charge in [0.05, 0.1) is 10.6 Å². The van der Waals surface area contributed by atoms with Gasteiger partial charge in [-0.05, 0) is 54.2 Å². The molecule has 1 heterocycles. The number of carbonyl (C=O) groups is 1. The third-order valence-electron chi connectivity index (χ3n) is 3.95. The van der Waals surface area contributed by atoms with E-state index in [2.05, 4.69) is 27.8 Å². The van der Waals surface area contributed by atoms with Crippen LogP contribution in [0.25, 0.3) is 0 Å². The molecule has 1 aromatic rings. The van der Waals surface area contributed by atoms with Crippen molar-refractivity contribution in [3.63, 3.8) is 0 Å². The first-order chi connectivity index (χ1) is 9.97. The van der Waals surface area contributed by atoms with Gasteiger partial charge in [-0.25, -0.2) is 4.79 Å². The van der Waals surface area contributed by atoms with Crippen molar-refractivity contribution in [3.8, 4) is 0 Å². The molecule has 116 valence electrons. The molecule has 6 heteroatoms. The summed E-state index contributed by atoms with van der Waals surface area (Å²) < 4.78 is 6.03. The SMILES string of the molecule is CCN(c1cc(Br)c(Cl)c(C(=O)O)c1C)C1CCOCC1. The van der Waals surface area contributed by atoms with Crippen LogP contribution in [0.2, 0.25) is 5.02 Å². The molecule has 0 aromatic heterocycles. The summed E-state index contributed by atoms with van der Waals surface area (Å²) in [5.41, 5.74) is 1.81. The first kappa shape index (κ1) is 16.6. The maximum atomic E-state index is 11.5. The van der Waals surface area contributed by atoms with Crippen LogP contribution in [0.15, 0.2) is 10.5 Å². The van der Waals surface area contributed by atoms with Crippen molar-refractivity contribution in [2.24, 2.45) is 0 Å². The van der Waals surface area contributed by atoms with Crippen molar-refractivity contribution < 1.29 is 14.6 Å². The maximum absolute atomic E-state index is 11.5. The predicted molar refractivity (Wildman–Crippen MR) is 87.7 cm³/mol. The molecule has 0 saturated carbocycles. The van der Waals surface area contributed by atoms with Crippen molar-refractivity contribution in [1.82, 2.24) is 0 Å². The molecule has 0 aliphatic carbocycles. The molecule has 1 aliphatic heterocycles. The third kappa shape index (κ3) is 3.35. The van der Waals surface area contributed by atoms with Gasteiger partial charge in [0.15, 0.2) is 0 Å². The number of hydrogen-bond acceptors (Lipinski definition) is 3. The van der Waals surface area contributed by atoms with Crippen LogP contribution in [0, 0.1) is 6.92 Å². The Morgan fingerprint density at radius 2 is 2.14 bits per heavy atom. The van der Waals surface area contributed by atoms with Gasteiger partial charge in [-0.15, -0.1) is 0 Å². The lowest BCUT2D eigenvalue weighted by Gasteiger charge is -2.36. The number of nitrogens with zero attached hydrogens (tertiary/aromatic N) is 1. The predicted octanol–water partition coefficient (Wildman–Crippen LogP) is 4.11. The number of carboxylic acids is 1. The largest absolute Gasteiger partial charge is 0.478 e. The van der Waals surface area contributed by atoms with Gasteiger partial charge in [0.1, 0.15) is 0 Å². The fourth-order valence-corrected chi connectivity index (χ4v) is 3.57. The lowest BCUT2D eigenvalue weighted by Crippen LogP contribution is -2.40. The second-order valence-corrected chi connectivity index (χ2v) is 6.36. The van der Waals surface area contributed by atoms with E-state index < -0.39 is 5.97 Å². The molecule has 1 aromatic carbocycles. The first-order valence-corrected chi connectivity index (χ1v) is 8.20. The molecule has 21 heavy (non-hydrogen) atoms. The van der Waals surface area contributed by atoms with Crippen LogP contribution in [-0.2, 0) is 4.74 Å². The van der Waals surface area contributed by atoms with E-state index in [9.17, 15) is 9.90 Å². The Kier molecular flexibility index (Phi) is 5.52. The minimum absolute atomic E-state index is 0.173. The van der Waals surface area contributed by atoms with Crippen molar-refractivity contribution in [2.75, 3.05) is 24.7 Å². The maximum Gasteiger partial charge on any atom is 0.337 e. The highest BCUT2D eigenvalue weighted by Gasteiger charge is 2.26. The van der Waals surface area contributed by atoms with E-state index in [0.29, 0.717) is 16.1 Å². The number of rotatable bonds is 4. The zero-order valence-electron chi connectivity index (χ0n) is 12.2. The topological polar surface area (TPSA) is 49.8 Å². The van der Waals surface area contributed by atoms with Gasteiger partial charge in [0.2, 0.25) is 0 Å². The molecule has 0 amide bonds. The highest BCUT2D eigenvalue weighted by atomic mass is 79.9. The Morgan fingerprint density at radius 1 is 1.52 bits per heavy atom. The second kappa shape index (κ2) is 6.99. The normalized spacial score (nSPS) is 16.0. The monoisotopic (exact) mass is 375 g/mol. The molecule has 1 N–H and O–H groups in total. The molecule has 0 radical (unpaired) electrons. The highest BCUT2D eigenvalue weighted by Crippen LogP contribution is 2.37. The fraction of sp³-hybridized carbons (Fsp3) is 0.533. The Bertz CT molecular complexity index is 544. The molecule has 0 unspecified atom stereocenters. The number of aromatic carboxylic acids is 1. The van der Waals surface area contributed by atoms with Crippen molar-refractivity contribution in [2.45, 2.75) is 32.7 Å². The van der Waals surface area contributed by atoms with Crippen LogP contribution < -0.4 is 4.90 Å². The third-order valence-corrected chi connectivity index (χ3v) is 5.19. The Hall–Kier alpha value is -0.780. The quantitative estimate of drug-likeness (QED) is 0.859. The molecular formula is C15H19BrClNO3. The number of anilines is 1. The molecule has 0 spiro atoms. The molecule has 1 fully saturated rings. The van der Waals surface area contributed by atoms with E-state index in [0.717, 1.165) is 38.3 Å². The lowest BCUT2D eigenvalue weighted by atomic mass is 10.0. The summed E-state index contributed by atoms with van der Waals surface area (Å²) in [6, 6.07) is 2.29. The smallest absolute Gasteiger partial charge is 0.337 e. The molecule has 1 saturated heterocycles. The zero-order chi connectivity index (χ0) is 15.6. The van der Waals surface area contributed by atoms with Gasteiger partial charge in [-0.2, -0.15) is 0 Å². The second-order valence-electron chi connectivity index (χ2n) is 5.13. The van der Waals surface area contributed by atoms with Crippen LogP contribution in [0.3, 0.4) is 0 Å². The van der Waals surface area contributed by atoms with Gasteiger partial charge >= 0.3 is 5.97 Å². The van der Waals surface area contributed by atoms with Gasteiger partial charge in [0.25, 0.3) is 0 Å². The van der Waals surface area contributed by atoms with E-state index in [-0.39, 0.29) is 10.6 Å². The average Bonchev–Trinajstić information content (AvgIpc) is 2.46. The Morgan fingerprint density at radius 3 is 2.67 bits per heavy atom. The summed E-state index contributed by atoms with van der Waals surface area (Å²) in [6.45, 7) is 6.22. The van der Waals surface area contributed by atoms with Crippen LogP contribution in [-0.4, -0.2) is 36.9 Å². The summed E-state index contributed by atoms with van der Waals surface area (Å²) >= 11 is 9.51. The van der Waals surface area contributed by atoms with Crippen molar-refractivity contribution in [3.05, 3.63) is 26.7 Å². The minimum Gasteiger partial charge on any atom is -0.478 e. The Balaban J connectivity index is 2.48. The van der Waals surface area contributed by atoms with Crippen LogP contribution >= 0.6 is 27.5 Å². The van der Waals surface area contributed by atoms with Gasteiger partial charge in [0, 0.05) is 36.0 Å².